The van der Waals surface area contributed by atoms with Crippen molar-refractivity contribution in [3.63, 3.8) is 0 Å². The highest BCUT2D eigenvalue weighted by Crippen LogP contribution is 2.21. The Hall–Kier alpha value is -1.95. The summed E-state index contributed by atoms with van der Waals surface area (Å²) >= 11 is 0. The first kappa shape index (κ1) is 15.4. The van der Waals surface area contributed by atoms with Gasteiger partial charge < -0.3 is 14.6 Å². The van der Waals surface area contributed by atoms with Crippen molar-refractivity contribution >= 4 is 0 Å². The van der Waals surface area contributed by atoms with Crippen LogP contribution in [0.15, 0.2) is 18.2 Å². The van der Waals surface area contributed by atoms with Gasteiger partial charge in [-0.2, -0.15) is 0 Å². The highest BCUT2D eigenvalue weighted by atomic mass is 19.1. The Balaban J connectivity index is 2.10. The van der Waals surface area contributed by atoms with Crippen molar-refractivity contribution in [1.82, 2.24) is 20.1 Å². The molecule has 0 saturated carbocycles. The average Bonchev–Trinajstić information content (AvgIpc) is 2.75. The third-order valence-electron chi connectivity index (χ3n) is 3.26. The lowest BCUT2D eigenvalue weighted by Crippen LogP contribution is -2.22. The van der Waals surface area contributed by atoms with Crippen LogP contribution in [0.1, 0.15) is 31.1 Å². The van der Waals surface area contributed by atoms with Crippen LogP contribution in [0.25, 0.3) is 0 Å². The molecule has 1 aromatic heterocycles. The zero-order chi connectivity index (χ0) is 15.4. The summed E-state index contributed by atoms with van der Waals surface area (Å²) in [5.74, 6) is 1.96. The fourth-order valence-corrected chi connectivity index (χ4v) is 1.86. The lowest BCUT2D eigenvalue weighted by atomic mass is 10.2. The first-order chi connectivity index (χ1) is 9.97. The zero-order valence-corrected chi connectivity index (χ0v) is 12.9. The first-order valence-corrected chi connectivity index (χ1v) is 6.97. The molecular weight excluding hydrogens is 271 g/mol. The van der Waals surface area contributed by atoms with Crippen LogP contribution in [0.2, 0.25) is 0 Å². The Morgan fingerprint density at radius 3 is 2.71 bits per heavy atom. The van der Waals surface area contributed by atoms with Crippen LogP contribution in [-0.2, 0) is 20.2 Å². The second kappa shape index (κ2) is 6.67. The number of hydrogen-bond acceptors (Lipinski definition) is 4. The molecule has 0 aliphatic rings. The van der Waals surface area contributed by atoms with E-state index in [0.717, 1.165) is 17.2 Å². The summed E-state index contributed by atoms with van der Waals surface area (Å²) in [5, 5.41) is 11.3. The van der Waals surface area contributed by atoms with Gasteiger partial charge in [0.15, 0.2) is 5.82 Å². The van der Waals surface area contributed by atoms with Crippen molar-refractivity contribution in [2.75, 3.05) is 0 Å². The molecule has 0 amide bonds. The van der Waals surface area contributed by atoms with Crippen LogP contribution in [0.4, 0.5) is 4.39 Å². The fourth-order valence-electron chi connectivity index (χ4n) is 1.86. The normalized spacial score (nSPS) is 11.1. The molecule has 2 aromatic rings. The van der Waals surface area contributed by atoms with E-state index < -0.39 is 0 Å². The van der Waals surface area contributed by atoms with Gasteiger partial charge in [0.1, 0.15) is 24.0 Å². The van der Waals surface area contributed by atoms with Gasteiger partial charge in [-0.25, -0.2) is 4.39 Å². The molecule has 1 N–H and O–H groups in total. The van der Waals surface area contributed by atoms with Gasteiger partial charge in [-0.05, 0) is 25.1 Å². The molecule has 0 saturated heterocycles. The molecule has 1 aromatic carbocycles. The first-order valence-electron chi connectivity index (χ1n) is 6.97. The summed E-state index contributed by atoms with van der Waals surface area (Å²) in [4.78, 5) is 0. The van der Waals surface area contributed by atoms with E-state index in [-0.39, 0.29) is 5.82 Å². The highest BCUT2D eigenvalue weighted by Gasteiger charge is 2.09. The molecule has 5 nitrogen and oxygen atoms in total. The fraction of sp³-hybridized carbons (Fsp3) is 0.467. The van der Waals surface area contributed by atoms with Gasteiger partial charge in [0, 0.05) is 25.2 Å². The quantitative estimate of drug-likeness (QED) is 0.888. The van der Waals surface area contributed by atoms with Crippen molar-refractivity contribution in [2.45, 2.75) is 40.0 Å². The molecule has 0 aliphatic heterocycles. The third kappa shape index (κ3) is 4.01. The molecule has 0 radical (unpaired) electrons. The maximum absolute atomic E-state index is 13.4. The SMILES string of the molecule is Cc1nnc(COc2ccc(F)cc2CNC(C)C)n1C. The second-order valence-electron chi connectivity index (χ2n) is 5.30. The molecule has 0 fully saturated rings. The number of nitrogens with zero attached hydrogens (tertiary/aromatic N) is 3. The van der Waals surface area contributed by atoms with Gasteiger partial charge >= 0.3 is 0 Å². The molecule has 0 spiro atoms. The van der Waals surface area contributed by atoms with Gasteiger partial charge in [-0.1, -0.05) is 13.8 Å². The number of nitrogens with one attached hydrogen (secondary N) is 1. The smallest absolute Gasteiger partial charge is 0.170 e. The van der Waals surface area contributed by atoms with E-state index in [1.807, 2.05) is 32.4 Å². The van der Waals surface area contributed by atoms with Crippen molar-refractivity contribution in [3.8, 4) is 5.75 Å². The number of benzene rings is 1. The summed E-state index contributed by atoms with van der Waals surface area (Å²) in [5.41, 5.74) is 0.794. The summed E-state index contributed by atoms with van der Waals surface area (Å²) in [7, 11) is 1.89. The summed E-state index contributed by atoms with van der Waals surface area (Å²) in [6.07, 6.45) is 0. The standard InChI is InChI=1S/C15H21FN4O/c1-10(2)17-8-12-7-13(16)5-6-14(12)21-9-15-19-18-11(3)20(15)4/h5-7,10,17H,8-9H2,1-4H3. The summed E-state index contributed by atoms with van der Waals surface area (Å²) in [6.45, 7) is 6.83. The molecule has 1 heterocycles. The van der Waals surface area contributed by atoms with Crippen molar-refractivity contribution in [2.24, 2.45) is 7.05 Å². The number of halogens is 1. The van der Waals surface area contributed by atoms with Gasteiger partial charge in [-0.15, -0.1) is 10.2 Å². The zero-order valence-electron chi connectivity index (χ0n) is 12.9. The largest absolute Gasteiger partial charge is 0.485 e. The van der Waals surface area contributed by atoms with Crippen LogP contribution in [-0.4, -0.2) is 20.8 Å². The van der Waals surface area contributed by atoms with Crippen molar-refractivity contribution < 1.29 is 9.13 Å². The van der Waals surface area contributed by atoms with Crippen LogP contribution < -0.4 is 10.1 Å². The van der Waals surface area contributed by atoms with Gasteiger partial charge in [-0.3, -0.25) is 0 Å². The lowest BCUT2D eigenvalue weighted by molar-refractivity contribution is 0.286. The molecule has 0 bridgehead atoms. The maximum Gasteiger partial charge on any atom is 0.170 e. The van der Waals surface area contributed by atoms with E-state index in [9.17, 15) is 4.39 Å². The van der Waals surface area contributed by atoms with Crippen molar-refractivity contribution in [3.05, 3.63) is 41.2 Å². The molecule has 114 valence electrons. The molecule has 6 heteroatoms. The molecular formula is C15H21FN4O. The number of aromatic nitrogens is 3. The summed E-state index contributed by atoms with van der Waals surface area (Å²) in [6, 6.07) is 4.86. The predicted molar refractivity (Wildman–Crippen MR) is 78.4 cm³/mol. The monoisotopic (exact) mass is 292 g/mol. The van der Waals surface area contributed by atoms with E-state index >= 15 is 0 Å². The number of hydrogen-bond donors (Lipinski definition) is 1. The lowest BCUT2D eigenvalue weighted by Gasteiger charge is -2.13. The molecule has 2 rings (SSSR count). The minimum Gasteiger partial charge on any atom is -0.485 e. The minimum absolute atomic E-state index is 0.266. The maximum atomic E-state index is 13.4. The molecule has 0 unspecified atom stereocenters. The van der Waals surface area contributed by atoms with Crippen molar-refractivity contribution in [1.29, 1.82) is 0 Å². The van der Waals surface area contributed by atoms with E-state index in [1.165, 1.54) is 12.1 Å². The van der Waals surface area contributed by atoms with Crippen LogP contribution in [0, 0.1) is 12.7 Å². The van der Waals surface area contributed by atoms with Gasteiger partial charge in [0.25, 0.3) is 0 Å². The van der Waals surface area contributed by atoms with Crippen LogP contribution in [0.3, 0.4) is 0 Å². The Kier molecular flexibility index (Phi) is 4.90. The number of aryl methyl sites for hydroxylation is 1. The average molecular weight is 292 g/mol. The topological polar surface area (TPSA) is 52.0 Å². The number of ether oxygens (including phenoxy) is 1. The van der Waals surface area contributed by atoms with Crippen LogP contribution >= 0.6 is 0 Å². The van der Waals surface area contributed by atoms with Crippen LogP contribution in [0.5, 0.6) is 5.75 Å². The Labute approximate surface area is 124 Å². The summed E-state index contributed by atoms with van der Waals surface area (Å²) < 4.78 is 21.0. The Morgan fingerprint density at radius 2 is 2.10 bits per heavy atom. The van der Waals surface area contributed by atoms with E-state index in [0.29, 0.717) is 24.9 Å². The minimum atomic E-state index is -0.266. The third-order valence-corrected chi connectivity index (χ3v) is 3.26. The second-order valence-corrected chi connectivity index (χ2v) is 5.30. The Morgan fingerprint density at radius 1 is 1.33 bits per heavy atom. The molecule has 21 heavy (non-hydrogen) atoms. The Bertz CT molecular complexity index is 610. The van der Waals surface area contributed by atoms with Gasteiger partial charge in [0.05, 0.1) is 0 Å². The van der Waals surface area contributed by atoms with E-state index in [4.69, 9.17) is 4.74 Å². The number of rotatable bonds is 6. The van der Waals surface area contributed by atoms with E-state index in [1.54, 1.807) is 6.07 Å². The van der Waals surface area contributed by atoms with Gasteiger partial charge in [0.2, 0.25) is 0 Å². The predicted octanol–water partition coefficient (Wildman–Crippen LogP) is 2.34. The highest BCUT2D eigenvalue weighted by molar-refractivity contribution is 5.34. The molecule has 0 aliphatic carbocycles. The van der Waals surface area contributed by atoms with E-state index in [2.05, 4.69) is 15.5 Å². The molecule has 0 atom stereocenters.